The smallest absolute Gasteiger partial charge is 0.160 e. The summed E-state index contributed by atoms with van der Waals surface area (Å²) >= 11 is 0. The first-order valence-electron chi connectivity index (χ1n) is 7.10. The Kier molecular flexibility index (Phi) is 3.80. The molecule has 8 nitrogen and oxygen atoms in total. The van der Waals surface area contributed by atoms with E-state index in [9.17, 15) is 0 Å². The number of fused-ring (bicyclic) bond motifs is 1. The Labute approximate surface area is 132 Å². The predicted octanol–water partition coefficient (Wildman–Crippen LogP) is 2.46. The second kappa shape index (κ2) is 5.91. The van der Waals surface area contributed by atoms with Crippen LogP contribution in [0, 0.1) is 5.41 Å². The number of benzene rings is 1. The minimum atomic E-state index is -0.0138. The third-order valence-electron chi connectivity index (χ3n) is 3.20. The van der Waals surface area contributed by atoms with Crippen LogP contribution in [0.2, 0.25) is 0 Å². The standard InChI is InChI=1S/C15H17N7O/c1-8(2)23-13-4-11(17)9(5-16)3-12(13)21-14-10-6-20-22-15(10)19-7-18-14/h3-8,16H,17H2,1-2H3,(H2,18,19,20,21,22). The predicted molar refractivity (Wildman–Crippen MR) is 89.5 cm³/mol. The Morgan fingerprint density at radius 2 is 2.17 bits per heavy atom. The number of aromatic nitrogens is 4. The number of rotatable bonds is 5. The van der Waals surface area contributed by atoms with Gasteiger partial charge in [-0.1, -0.05) is 0 Å². The molecule has 1 aromatic carbocycles. The molecule has 2 aromatic heterocycles. The van der Waals surface area contributed by atoms with Gasteiger partial charge in [0.15, 0.2) is 5.65 Å². The molecular formula is C15H17N7O. The van der Waals surface area contributed by atoms with E-state index in [2.05, 4.69) is 25.5 Å². The minimum Gasteiger partial charge on any atom is -0.489 e. The molecule has 0 saturated carbocycles. The van der Waals surface area contributed by atoms with Crippen LogP contribution >= 0.6 is 0 Å². The zero-order chi connectivity index (χ0) is 16.4. The van der Waals surface area contributed by atoms with Crippen molar-refractivity contribution in [1.82, 2.24) is 20.2 Å². The van der Waals surface area contributed by atoms with Gasteiger partial charge >= 0.3 is 0 Å². The molecule has 0 aliphatic carbocycles. The highest BCUT2D eigenvalue weighted by Gasteiger charge is 2.13. The molecule has 3 aromatic rings. The summed E-state index contributed by atoms with van der Waals surface area (Å²) in [6.45, 7) is 3.87. The molecule has 0 spiro atoms. The van der Waals surface area contributed by atoms with Crippen LogP contribution in [-0.4, -0.2) is 32.5 Å². The van der Waals surface area contributed by atoms with Gasteiger partial charge in [-0.05, 0) is 19.9 Å². The maximum atomic E-state index is 7.47. The second-order valence-corrected chi connectivity index (χ2v) is 5.27. The zero-order valence-electron chi connectivity index (χ0n) is 12.8. The van der Waals surface area contributed by atoms with Crippen LogP contribution in [0.5, 0.6) is 5.75 Å². The normalized spacial score (nSPS) is 10.9. The van der Waals surface area contributed by atoms with Crippen LogP contribution in [0.1, 0.15) is 19.4 Å². The lowest BCUT2D eigenvalue weighted by Crippen LogP contribution is -2.09. The Hall–Kier alpha value is -3.16. The van der Waals surface area contributed by atoms with E-state index in [1.165, 1.54) is 12.5 Å². The Bertz CT molecular complexity index is 856. The molecule has 0 fully saturated rings. The van der Waals surface area contributed by atoms with Gasteiger partial charge in [-0.25, -0.2) is 9.97 Å². The first-order chi connectivity index (χ1) is 11.1. The van der Waals surface area contributed by atoms with Gasteiger partial charge in [0.2, 0.25) is 0 Å². The van der Waals surface area contributed by atoms with Crippen molar-refractivity contribution in [2.75, 3.05) is 11.1 Å². The van der Waals surface area contributed by atoms with Gasteiger partial charge in [0.25, 0.3) is 0 Å². The van der Waals surface area contributed by atoms with Crippen molar-refractivity contribution < 1.29 is 4.74 Å². The average Bonchev–Trinajstić information content (AvgIpc) is 2.98. The lowest BCUT2D eigenvalue weighted by Gasteiger charge is -2.17. The number of nitrogens with one attached hydrogen (secondary N) is 3. The number of H-pyrrole nitrogens is 1. The van der Waals surface area contributed by atoms with Crippen molar-refractivity contribution in [2.45, 2.75) is 20.0 Å². The monoisotopic (exact) mass is 311 g/mol. The van der Waals surface area contributed by atoms with Gasteiger partial charge in [0.05, 0.1) is 23.4 Å². The molecule has 0 aliphatic rings. The molecule has 0 aliphatic heterocycles. The van der Waals surface area contributed by atoms with Crippen molar-refractivity contribution in [3.63, 3.8) is 0 Å². The quantitative estimate of drug-likeness (QED) is 0.423. The van der Waals surface area contributed by atoms with Crippen molar-refractivity contribution in [3.05, 3.63) is 30.2 Å². The molecule has 0 bridgehead atoms. The van der Waals surface area contributed by atoms with Gasteiger partial charge in [0, 0.05) is 23.5 Å². The second-order valence-electron chi connectivity index (χ2n) is 5.27. The highest BCUT2D eigenvalue weighted by Crippen LogP contribution is 2.33. The lowest BCUT2D eigenvalue weighted by atomic mass is 10.1. The summed E-state index contributed by atoms with van der Waals surface area (Å²) < 4.78 is 5.81. The molecule has 5 N–H and O–H groups in total. The number of nitrogens with zero attached hydrogens (tertiary/aromatic N) is 3. The fourth-order valence-corrected chi connectivity index (χ4v) is 2.18. The van der Waals surface area contributed by atoms with Gasteiger partial charge < -0.3 is 21.2 Å². The maximum absolute atomic E-state index is 7.47. The Morgan fingerprint density at radius 1 is 1.35 bits per heavy atom. The molecule has 0 atom stereocenters. The first-order valence-corrected chi connectivity index (χ1v) is 7.10. The third-order valence-corrected chi connectivity index (χ3v) is 3.20. The molecule has 0 saturated heterocycles. The summed E-state index contributed by atoms with van der Waals surface area (Å²) in [5.74, 6) is 1.19. The van der Waals surface area contributed by atoms with E-state index in [4.69, 9.17) is 15.9 Å². The average molecular weight is 311 g/mol. The van der Waals surface area contributed by atoms with Crippen LogP contribution in [0.4, 0.5) is 17.2 Å². The summed E-state index contributed by atoms with van der Waals surface area (Å²) in [5.41, 5.74) is 8.34. The number of aromatic amines is 1. The van der Waals surface area contributed by atoms with E-state index < -0.39 is 0 Å². The van der Waals surface area contributed by atoms with Gasteiger partial charge in [-0.2, -0.15) is 5.10 Å². The summed E-state index contributed by atoms with van der Waals surface area (Å²) in [6.07, 6.45) is 4.28. The highest BCUT2D eigenvalue weighted by atomic mass is 16.5. The first kappa shape index (κ1) is 14.8. The Balaban J connectivity index is 2.07. The molecule has 8 heteroatoms. The van der Waals surface area contributed by atoms with Crippen molar-refractivity contribution in [3.8, 4) is 5.75 Å². The number of anilines is 3. The molecule has 2 heterocycles. The van der Waals surface area contributed by atoms with Crippen molar-refractivity contribution in [2.24, 2.45) is 0 Å². The largest absolute Gasteiger partial charge is 0.489 e. The highest BCUT2D eigenvalue weighted by molar-refractivity contribution is 5.92. The fourth-order valence-electron chi connectivity index (χ4n) is 2.18. The number of nitrogens with two attached hydrogens (primary N) is 1. The van der Waals surface area contributed by atoms with E-state index in [0.29, 0.717) is 34.2 Å². The SMILES string of the molecule is CC(C)Oc1cc(N)c(C=N)cc1Nc1ncnc2[nH]ncc12. The molecule has 0 unspecified atom stereocenters. The summed E-state index contributed by atoms with van der Waals surface area (Å²) in [6, 6.07) is 3.46. The van der Waals surface area contributed by atoms with E-state index in [-0.39, 0.29) is 6.10 Å². The number of nitrogen functional groups attached to an aromatic ring is 1. The number of hydrogen-bond acceptors (Lipinski definition) is 7. The molecule has 3 rings (SSSR count). The number of hydrogen-bond donors (Lipinski definition) is 4. The van der Waals surface area contributed by atoms with Crippen LogP contribution < -0.4 is 15.8 Å². The van der Waals surface area contributed by atoms with E-state index >= 15 is 0 Å². The molecule has 23 heavy (non-hydrogen) atoms. The maximum Gasteiger partial charge on any atom is 0.160 e. The summed E-state index contributed by atoms with van der Waals surface area (Å²) in [7, 11) is 0. The van der Waals surface area contributed by atoms with Crippen LogP contribution in [0.3, 0.4) is 0 Å². The van der Waals surface area contributed by atoms with Crippen LogP contribution in [0.25, 0.3) is 11.0 Å². The van der Waals surface area contributed by atoms with E-state index in [1.54, 1.807) is 18.3 Å². The lowest BCUT2D eigenvalue weighted by molar-refractivity contribution is 0.244. The van der Waals surface area contributed by atoms with Gasteiger partial charge in [-0.3, -0.25) is 5.10 Å². The number of ether oxygens (including phenoxy) is 1. The molecule has 118 valence electrons. The van der Waals surface area contributed by atoms with Crippen molar-refractivity contribution in [1.29, 1.82) is 5.41 Å². The van der Waals surface area contributed by atoms with Crippen LogP contribution in [0.15, 0.2) is 24.7 Å². The van der Waals surface area contributed by atoms with E-state index in [0.717, 1.165) is 5.39 Å². The molecular weight excluding hydrogens is 294 g/mol. The summed E-state index contributed by atoms with van der Waals surface area (Å²) in [4.78, 5) is 8.35. The third kappa shape index (κ3) is 2.91. The minimum absolute atomic E-state index is 0.0138. The van der Waals surface area contributed by atoms with E-state index in [1.807, 2.05) is 13.8 Å². The Morgan fingerprint density at radius 3 is 2.91 bits per heavy atom. The van der Waals surface area contributed by atoms with Crippen LogP contribution in [-0.2, 0) is 0 Å². The topological polar surface area (TPSA) is 126 Å². The zero-order valence-corrected chi connectivity index (χ0v) is 12.8. The van der Waals surface area contributed by atoms with Crippen molar-refractivity contribution >= 4 is 34.4 Å². The van der Waals surface area contributed by atoms with Gasteiger partial charge in [0.1, 0.15) is 17.9 Å². The molecule has 0 radical (unpaired) electrons. The summed E-state index contributed by atoms with van der Waals surface area (Å²) in [5, 5.41) is 18.2. The van der Waals surface area contributed by atoms with Gasteiger partial charge in [-0.15, -0.1) is 0 Å². The fraction of sp³-hybridized carbons (Fsp3) is 0.200. The molecule has 0 amide bonds.